The second-order valence-electron chi connectivity index (χ2n) is 1.68. The van der Waals surface area contributed by atoms with Gasteiger partial charge in [0.15, 0.2) is 11.6 Å². The van der Waals surface area contributed by atoms with Crippen LogP contribution in [-0.4, -0.2) is 7.11 Å². The van der Waals surface area contributed by atoms with Gasteiger partial charge in [-0.05, 0) is 18.2 Å². The summed E-state index contributed by atoms with van der Waals surface area (Å²) in [6.45, 7) is 0. The molecule has 0 amide bonds. The van der Waals surface area contributed by atoms with Gasteiger partial charge in [-0.1, -0.05) is 11.6 Å². The van der Waals surface area contributed by atoms with Crippen molar-refractivity contribution < 1.29 is 9.13 Å². The van der Waals surface area contributed by atoms with Crippen LogP contribution >= 0.6 is 11.6 Å². The van der Waals surface area contributed by atoms with E-state index in [0.29, 0.717) is 0 Å². The highest BCUT2D eigenvalue weighted by Crippen LogP contribution is 2.25. The first-order valence-electron chi connectivity index (χ1n) is 2.65. The van der Waals surface area contributed by atoms with Crippen molar-refractivity contribution in [3.8, 4) is 5.75 Å². The molecule has 0 aliphatic carbocycles. The van der Waals surface area contributed by atoms with E-state index in [9.17, 15) is 4.39 Å². The van der Waals surface area contributed by atoms with E-state index >= 15 is 0 Å². The van der Waals surface area contributed by atoms with E-state index in [-0.39, 0.29) is 10.8 Å². The average molecular weight is 160 g/mol. The number of hydrogen-bond donors (Lipinski definition) is 0. The van der Waals surface area contributed by atoms with Gasteiger partial charge < -0.3 is 4.74 Å². The molecule has 3 heteroatoms. The number of rotatable bonds is 1. The van der Waals surface area contributed by atoms with E-state index < -0.39 is 5.82 Å². The van der Waals surface area contributed by atoms with Crippen molar-refractivity contribution in [3.05, 3.63) is 29.0 Å². The highest BCUT2D eigenvalue weighted by atomic mass is 35.5. The van der Waals surface area contributed by atoms with Crippen molar-refractivity contribution in [2.75, 3.05) is 7.11 Å². The summed E-state index contributed by atoms with van der Waals surface area (Å²) in [6.07, 6.45) is 0. The molecule has 0 aliphatic rings. The van der Waals surface area contributed by atoms with E-state index in [0.717, 1.165) is 0 Å². The van der Waals surface area contributed by atoms with Crippen LogP contribution in [0.5, 0.6) is 5.75 Å². The van der Waals surface area contributed by atoms with Crippen LogP contribution in [0, 0.1) is 11.9 Å². The lowest BCUT2D eigenvalue weighted by Crippen LogP contribution is -1.87. The number of benzene rings is 1. The number of hydrogen-bond acceptors (Lipinski definition) is 1. The Morgan fingerprint density at radius 3 is 2.70 bits per heavy atom. The van der Waals surface area contributed by atoms with E-state index in [1.165, 1.54) is 19.2 Å². The Labute approximate surface area is 63.4 Å². The number of methoxy groups -OCH3 is 1. The van der Waals surface area contributed by atoms with Crippen molar-refractivity contribution in [2.24, 2.45) is 0 Å². The first kappa shape index (κ1) is 7.35. The number of halogens is 2. The van der Waals surface area contributed by atoms with Gasteiger partial charge in [0.1, 0.15) is 0 Å². The fourth-order valence-corrected chi connectivity index (χ4v) is 0.859. The topological polar surface area (TPSA) is 9.23 Å². The van der Waals surface area contributed by atoms with Gasteiger partial charge in [0.2, 0.25) is 0 Å². The largest absolute Gasteiger partial charge is 0.492 e. The Hall–Kier alpha value is -0.760. The van der Waals surface area contributed by atoms with E-state index in [2.05, 4.69) is 10.8 Å². The first-order valence-corrected chi connectivity index (χ1v) is 3.02. The maximum atomic E-state index is 12.6. The van der Waals surface area contributed by atoms with Crippen molar-refractivity contribution in [3.63, 3.8) is 0 Å². The van der Waals surface area contributed by atoms with Gasteiger partial charge in [0.25, 0.3) is 0 Å². The minimum atomic E-state index is -0.491. The highest BCUT2D eigenvalue weighted by Gasteiger charge is 2.04. The minimum absolute atomic E-state index is 0.0698. The predicted octanol–water partition coefficient (Wildman–Crippen LogP) is 2.29. The van der Waals surface area contributed by atoms with Gasteiger partial charge in [-0.15, -0.1) is 0 Å². The fourth-order valence-electron chi connectivity index (χ4n) is 0.628. The SMILES string of the molecule is COc1c(F)c[c]cc1Cl. The van der Waals surface area contributed by atoms with Gasteiger partial charge in [-0.3, -0.25) is 0 Å². The summed E-state index contributed by atoms with van der Waals surface area (Å²) in [6, 6.07) is 5.14. The molecule has 0 unspecified atom stereocenters. The Bertz CT molecular complexity index is 217. The lowest BCUT2D eigenvalue weighted by Gasteiger charge is -2.01. The summed E-state index contributed by atoms with van der Waals surface area (Å²) in [5.74, 6) is -0.421. The zero-order valence-electron chi connectivity index (χ0n) is 5.32. The molecule has 0 heterocycles. The Morgan fingerprint density at radius 1 is 1.60 bits per heavy atom. The molecule has 0 aliphatic heterocycles. The van der Waals surface area contributed by atoms with Gasteiger partial charge in [-0.25, -0.2) is 4.39 Å². The van der Waals surface area contributed by atoms with Crippen molar-refractivity contribution in [2.45, 2.75) is 0 Å². The molecule has 0 saturated heterocycles. The third-order valence-electron chi connectivity index (χ3n) is 1.06. The normalized spacial score (nSPS) is 9.50. The second-order valence-corrected chi connectivity index (χ2v) is 2.09. The fraction of sp³-hybridized carbons (Fsp3) is 0.143. The molecule has 1 radical (unpaired) electrons. The van der Waals surface area contributed by atoms with Crippen molar-refractivity contribution in [1.29, 1.82) is 0 Å². The quantitative estimate of drug-likeness (QED) is 0.611. The molecule has 0 fully saturated rings. The summed E-state index contributed by atoms with van der Waals surface area (Å²) in [5.41, 5.74) is 0. The van der Waals surface area contributed by atoms with Crippen LogP contribution in [-0.2, 0) is 0 Å². The Balaban J connectivity index is 3.17. The zero-order chi connectivity index (χ0) is 7.56. The predicted molar refractivity (Wildman–Crippen MR) is 36.8 cm³/mol. The van der Waals surface area contributed by atoms with Crippen LogP contribution in [0.15, 0.2) is 12.1 Å². The minimum Gasteiger partial charge on any atom is -0.492 e. The number of ether oxygens (including phenoxy) is 1. The van der Waals surface area contributed by atoms with Crippen LogP contribution in [0.25, 0.3) is 0 Å². The van der Waals surface area contributed by atoms with E-state index in [1.54, 1.807) is 0 Å². The molecule has 0 aromatic heterocycles. The van der Waals surface area contributed by atoms with Crippen LogP contribution in [0.1, 0.15) is 0 Å². The Kier molecular flexibility index (Phi) is 2.12. The van der Waals surface area contributed by atoms with Crippen LogP contribution in [0.3, 0.4) is 0 Å². The highest BCUT2D eigenvalue weighted by molar-refractivity contribution is 6.32. The standard InChI is InChI=1S/C7H5ClFO/c1-10-7-5(8)3-2-4-6(7)9/h3-4H,1H3. The molecule has 1 aromatic rings. The first-order chi connectivity index (χ1) is 4.75. The summed E-state index contributed by atoms with van der Waals surface area (Å²) in [4.78, 5) is 0. The molecule has 0 spiro atoms. The maximum absolute atomic E-state index is 12.6. The molecular formula is C7H5ClFO. The van der Waals surface area contributed by atoms with Crippen molar-refractivity contribution in [1.82, 2.24) is 0 Å². The van der Waals surface area contributed by atoms with Crippen molar-refractivity contribution >= 4 is 11.6 Å². The van der Waals surface area contributed by atoms with E-state index in [1.807, 2.05) is 0 Å². The monoisotopic (exact) mass is 159 g/mol. The summed E-state index contributed by atoms with van der Waals surface area (Å²) >= 11 is 5.53. The average Bonchev–Trinajstić information content (AvgIpc) is 1.88. The summed E-state index contributed by atoms with van der Waals surface area (Å²) in [5, 5.41) is 0.238. The molecule has 0 bridgehead atoms. The molecule has 1 rings (SSSR count). The van der Waals surface area contributed by atoms with Gasteiger partial charge in [0.05, 0.1) is 12.1 Å². The van der Waals surface area contributed by atoms with E-state index in [4.69, 9.17) is 11.6 Å². The molecule has 1 nitrogen and oxygen atoms in total. The maximum Gasteiger partial charge on any atom is 0.173 e. The summed E-state index contributed by atoms with van der Waals surface area (Å²) < 4.78 is 17.3. The molecule has 0 N–H and O–H groups in total. The Morgan fingerprint density at radius 2 is 2.30 bits per heavy atom. The third kappa shape index (κ3) is 1.21. The smallest absolute Gasteiger partial charge is 0.173 e. The molecule has 1 aromatic carbocycles. The lowest BCUT2D eigenvalue weighted by atomic mass is 10.3. The summed E-state index contributed by atoms with van der Waals surface area (Å²) in [7, 11) is 1.37. The molecule has 10 heavy (non-hydrogen) atoms. The molecule has 53 valence electrons. The lowest BCUT2D eigenvalue weighted by molar-refractivity contribution is 0.387. The van der Waals surface area contributed by atoms with Crippen LogP contribution < -0.4 is 4.74 Å². The third-order valence-corrected chi connectivity index (χ3v) is 1.34. The van der Waals surface area contributed by atoms with Crippen LogP contribution in [0.4, 0.5) is 4.39 Å². The van der Waals surface area contributed by atoms with Gasteiger partial charge >= 0.3 is 0 Å². The van der Waals surface area contributed by atoms with Gasteiger partial charge in [0, 0.05) is 0 Å². The molecule has 0 saturated carbocycles. The van der Waals surface area contributed by atoms with Gasteiger partial charge in [-0.2, -0.15) is 0 Å². The zero-order valence-corrected chi connectivity index (χ0v) is 6.07. The molecular weight excluding hydrogens is 155 g/mol. The second kappa shape index (κ2) is 2.88. The molecule has 0 atom stereocenters. The van der Waals surface area contributed by atoms with Crippen LogP contribution in [0.2, 0.25) is 5.02 Å².